The number of pyridine rings is 1. The van der Waals surface area contributed by atoms with Crippen LogP contribution in [0, 0.1) is 0 Å². The lowest BCUT2D eigenvalue weighted by atomic mass is 9.86. The molecule has 3 aliphatic rings. The molecule has 44 heavy (non-hydrogen) atoms. The summed E-state index contributed by atoms with van der Waals surface area (Å²) in [5.74, 6) is -0.941. The number of para-hydroxylation sites is 1. The van der Waals surface area contributed by atoms with E-state index in [2.05, 4.69) is 9.88 Å². The summed E-state index contributed by atoms with van der Waals surface area (Å²) in [6.07, 6.45) is 1.27. The number of likely N-dealkylation sites (tertiary alicyclic amines) is 1. The molecular weight excluding hydrogens is 587 g/mol. The van der Waals surface area contributed by atoms with E-state index in [9.17, 15) is 9.90 Å². The molecule has 3 aliphatic heterocycles. The molecule has 0 unspecified atom stereocenters. The Bertz CT molecular complexity index is 1930. The fourth-order valence-electron chi connectivity index (χ4n) is 6.14. The molecule has 0 radical (unpaired) electrons. The first kappa shape index (κ1) is 24.3. The summed E-state index contributed by atoms with van der Waals surface area (Å²) in [7, 11) is -2.82. The predicted octanol–water partition coefficient (Wildman–Crippen LogP) is 6.40. The maximum atomic E-state index is 15.7. The lowest BCUT2D eigenvalue weighted by Gasteiger charge is -2.34. The molecule has 2 aromatic heterocycles. The number of benzene rings is 2. The quantitative estimate of drug-likeness (QED) is 0.241. The third kappa shape index (κ3) is 5.42. The molecule has 2 saturated heterocycles. The zero-order valence-electron chi connectivity index (χ0n) is 27.6. The molecule has 0 spiro atoms. The molecule has 228 valence electrons. The van der Waals surface area contributed by atoms with E-state index in [1.54, 1.807) is 18.2 Å². The van der Waals surface area contributed by atoms with Gasteiger partial charge in [-0.1, -0.05) is 23.7 Å². The highest BCUT2D eigenvalue weighted by Crippen LogP contribution is 2.46. The van der Waals surface area contributed by atoms with Gasteiger partial charge in [0.05, 0.1) is 37.3 Å². The van der Waals surface area contributed by atoms with Gasteiger partial charge in [-0.15, -0.1) is 0 Å². The number of carboxylic acid groups (broad SMARTS) is 1. The van der Waals surface area contributed by atoms with Crippen LogP contribution in [0.15, 0.2) is 54.6 Å². The standard InChI is InChI=1S/C33H32ClFN4O5/c1-42-28-15-20(34)5-6-24(28)29-16-25(35)23-4-2-3-22(31(23)44-29)19-9-12-38(13-10-19)18-30-36-26-7-8-27(33(40)41)37-32(26)39(30)17-21-11-14-43-21/h2-8,15-16,19,21,29H,9-14,17-18H2,1H3,(H,40,41)/t21-,29+/m0/s1/i1D3,29D. The second-order valence-electron chi connectivity index (χ2n) is 11.2. The molecule has 2 aromatic carbocycles. The van der Waals surface area contributed by atoms with Crippen molar-refractivity contribution in [3.63, 3.8) is 0 Å². The van der Waals surface area contributed by atoms with Gasteiger partial charge < -0.3 is 23.9 Å². The molecular formula is C33H32ClFN4O5. The van der Waals surface area contributed by atoms with Crippen LogP contribution in [0.3, 0.4) is 0 Å². The zero-order valence-corrected chi connectivity index (χ0v) is 24.4. The van der Waals surface area contributed by atoms with E-state index >= 15 is 4.39 Å². The van der Waals surface area contributed by atoms with Crippen molar-refractivity contribution in [2.24, 2.45) is 0 Å². The Morgan fingerprint density at radius 1 is 1.18 bits per heavy atom. The maximum absolute atomic E-state index is 15.7. The van der Waals surface area contributed by atoms with Gasteiger partial charge in [-0.05, 0) is 86.3 Å². The van der Waals surface area contributed by atoms with Crippen molar-refractivity contribution in [1.29, 1.82) is 0 Å². The van der Waals surface area contributed by atoms with E-state index in [1.807, 2.05) is 10.6 Å². The molecule has 9 nitrogen and oxygen atoms in total. The molecule has 2 fully saturated rings. The predicted molar refractivity (Wildman–Crippen MR) is 163 cm³/mol. The highest BCUT2D eigenvalue weighted by atomic mass is 35.5. The molecule has 5 heterocycles. The van der Waals surface area contributed by atoms with Crippen LogP contribution in [0.2, 0.25) is 5.02 Å². The zero-order chi connectivity index (χ0) is 33.8. The fraction of sp³-hybridized carbons (Fsp3) is 0.364. The number of piperidine rings is 1. The number of rotatable bonds is 8. The van der Waals surface area contributed by atoms with E-state index in [0.717, 1.165) is 36.7 Å². The Morgan fingerprint density at radius 3 is 2.77 bits per heavy atom. The van der Waals surface area contributed by atoms with E-state index in [0.29, 0.717) is 43.9 Å². The number of methoxy groups -OCH3 is 1. The third-order valence-electron chi connectivity index (χ3n) is 8.55. The Hall–Kier alpha value is -3.99. The molecule has 0 bridgehead atoms. The Balaban J connectivity index is 1.12. The number of carbonyl (C=O) groups is 1. The van der Waals surface area contributed by atoms with Crippen LogP contribution in [0.4, 0.5) is 4.39 Å². The summed E-state index contributed by atoms with van der Waals surface area (Å²) in [6.45, 7) is 3.15. The first-order valence-corrected chi connectivity index (χ1v) is 14.9. The van der Waals surface area contributed by atoms with Gasteiger partial charge in [-0.25, -0.2) is 19.2 Å². The van der Waals surface area contributed by atoms with Crippen molar-refractivity contribution in [1.82, 2.24) is 19.4 Å². The van der Waals surface area contributed by atoms with Crippen LogP contribution < -0.4 is 9.47 Å². The summed E-state index contributed by atoms with van der Waals surface area (Å²) in [6, 6.07) is 12.5. The average Bonchev–Trinajstić information content (AvgIpc) is 3.34. The third-order valence-corrected chi connectivity index (χ3v) is 8.79. The Kier molecular flexibility index (Phi) is 6.55. The highest BCUT2D eigenvalue weighted by Gasteiger charge is 2.31. The van der Waals surface area contributed by atoms with Gasteiger partial charge in [0.25, 0.3) is 0 Å². The monoisotopic (exact) mass is 622 g/mol. The van der Waals surface area contributed by atoms with Gasteiger partial charge in [0.1, 0.15) is 34.7 Å². The van der Waals surface area contributed by atoms with Crippen LogP contribution in [-0.4, -0.2) is 63.3 Å². The first-order valence-electron chi connectivity index (χ1n) is 16.5. The van der Waals surface area contributed by atoms with Crippen LogP contribution in [-0.2, 0) is 17.8 Å². The van der Waals surface area contributed by atoms with Gasteiger partial charge in [-0.2, -0.15) is 0 Å². The van der Waals surface area contributed by atoms with Crippen molar-refractivity contribution < 1.29 is 34.0 Å². The van der Waals surface area contributed by atoms with Crippen molar-refractivity contribution in [2.45, 2.75) is 50.5 Å². The molecule has 0 saturated carbocycles. The molecule has 7 rings (SSSR count). The second kappa shape index (κ2) is 11.8. The summed E-state index contributed by atoms with van der Waals surface area (Å²) >= 11 is 6.11. The summed E-state index contributed by atoms with van der Waals surface area (Å²) < 4.78 is 66.6. The van der Waals surface area contributed by atoms with Crippen LogP contribution in [0.5, 0.6) is 11.5 Å². The van der Waals surface area contributed by atoms with Crippen molar-refractivity contribution >= 4 is 34.6 Å². The number of nitrogens with zero attached hydrogens (tertiary/aromatic N) is 4. The number of hydrogen-bond acceptors (Lipinski definition) is 7. The minimum atomic E-state index is -2.82. The van der Waals surface area contributed by atoms with E-state index in [-0.39, 0.29) is 45.4 Å². The van der Waals surface area contributed by atoms with Crippen LogP contribution in [0.25, 0.3) is 17.0 Å². The average molecular weight is 623 g/mol. The molecule has 1 N–H and O–H groups in total. The number of fused-ring (bicyclic) bond motifs is 2. The minimum Gasteiger partial charge on any atom is -0.496 e. The summed E-state index contributed by atoms with van der Waals surface area (Å²) in [5, 5.41) is 9.70. The number of imidazole rings is 1. The number of aromatic nitrogens is 3. The van der Waals surface area contributed by atoms with Crippen molar-refractivity contribution in [2.75, 3.05) is 26.7 Å². The Labute approximate surface area is 264 Å². The van der Waals surface area contributed by atoms with E-state index < -0.39 is 24.9 Å². The van der Waals surface area contributed by atoms with Crippen LogP contribution >= 0.6 is 11.6 Å². The highest BCUT2D eigenvalue weighted by molar-refractivity contribution is 6.30. The molecule has 2 atom stereocenters. The lowest BCUT2D eigenvalue weighted by molar-refractivity contribution is -0.0593. The van der Waals surface area contributed by atoms with Crippen LogP contribution in [0.1, 0.15) is 69.7 Å². The summed E-state index contributed by atoms with van der Waals surface area (Å²) in [5.41, 5.74) is 2.10. The van der Waals surface area contributed by atoms with Gasteiger partial charge in [0, 0.05) is 17.2 Å². The fourth-order valence-corrected chi connectivity index (χ4v) is 6.30. The maximum Gasteiger partial charge on any atom is 0.354 e. The molecule has 11 heteroatoms. The lowest BCUT2D eigenvalue weighted by Crippen LogP contribution is -2.35. The van der Waals surface area contributed by atoms with Gasteiger partial charge >= 0.3 is 5.97 Å². The number of carboxylic acids is 1. The molecule has 4 aromatic rings. The smallest absolute Gasteiger partial charge is 0.354 e. The first-order chi connectivity index (χ1) is 22.9. The van der Waals surface area contributed by atoms with Gasteiger partial charge in [0.2, 0.25) is 0 Å². The number of halogens is 2. The second-order valence-corrected chi connectivity index (χ2v) is 11.7. The van der Waals surface area contributed by atoms with Gasteiger partial charge in [0.15, 0.2) is 11.3 Å². The number of hydrogen-bond donors (Lipinski definition) is 1. The van der Waals surface area contributed by atoms with Crippen molar-refractivity contribution in [3.8, 4) is 11.5 Å². The van der Waals surface area contributed by atoms with Crippen molar-refractivity contribution in [3.05, 3.63) is 87.8 Å². The SMILES string of the molecule is [2H]C([2H])([2H])Oc1cc(Cl)ccc1[C@@]1([2H])C=C(F)c2cccc(C3CCN(Cc4nc5ccc(C(=O)O)nc5n4C[C@@H]4CCO4)CC3)c2O1. The normalized spacial score (nSPS) is 23.8. The minimum absolute atomic E-state index is 0.00310. The molecule has 0 aliphatic carbocycles. The van der Waals surface area contributed by atoms with Gasteiger partial charge in [-0.3, -0.25) is 4.90 Å². The summed E-state index contributed by atoms with van der Waals surface area (Å²) in [4.78, 5) is 23.1. The Morgan fingerprint density at radius 2 is 2.02 bits per heavy atom. The largest absolute Gasteiger partial charge is 0.496 e. The number of aromatic carboxylic acids is 1. The van der Waals surface area contributed by atoms with E-state index in [1.165, 1.54) is 24.3 Å². The molecule has 0 amide bonds. The van der Waals surface area contributed by atoms with E-state index in [4.69, 9.17) is 36.3 Å². The number of ether oxygens (including phenoxy) is 3. The topological polar surface area (TPSA) is 98.9 Å².